The quantitative estimate of drug-likeness (QED) is 0.770. The van der Waals surface area contributed by atoms with E-state index in [1.165, 1.54) is 18.4 Å². The zero-order valence-electron chi connectivity index (χ0n) is 14.7. The van der Waals surface area contributed by atoms with Crippen molar-refractivity contribution in [1.29, 1.82) is 0 Å². The lowest BCUT2D eigenvalue weighted by molar-refractivity contribution is 0.0926. The molecule has 0 saturated carbocycles. The van der Waals surface area contributed by atoms with Gasteiger partial charge in [0, 0.05) is 31.8 Å². The Morgan fingerprint density at radius 3 is 2.62 bits per heavy atom. The highest BCUT2D eigenvalue weighted by molar-refractivity contribution is 7.89. The lowest BCUT2D eigenvalue weighted by Crippen LogP contribution is -2.43. The molecular formula is C17H22N4O4S. The van der Waals surface area contributed by atoms with Gasteiger partial charge in [-0.1, -0.05) is 12.1 Å². The van der Waals surface area contributed by atoms with E-state index in [9.17, 15) is 13.2 Å². The molecule has 0 radical (unpaired) electrons. The summed E-state index contributed by atoms with van der Waals surface area (Å²) in [6.45, 7) is 0.627. The number of aromatic amines is 1. The molecule has 26 heavy (non-hydrogen) atoms. The van der Waals surface area contributed by atoms with Gasteiger partial charge in [0.25, 0.3) is 5.91 Å². The number of aromatic nitrogens is 2. The molecule has 0 unspecified atom stereocenters. The van der Waals surface area contributed by atoms with Crippen LogP contribution in [0.1, 0.15) is 10.4 Å². The molecule has 0 aliphatic carbocycles. The van der Waals surface area contributed by atoms with Crippen molar-refractivity contribution < 1.29 is 17.9 Å². The minimum atomic E-state index is -3.35. The number of H-pyrrole nitrogens is 1. The molecular weight excluding hydrogens is 356 g/mol. The van der Waals surface area contributed by atoms with Crippen molar-refractivity contribution in [3.05, 3.63) is 42.1 Å². The Morgan fingerprint density at radius 1 is 1.27 bits per heavy atom. The van der Waals surface area contributed by atoms with E-state index in [1.54, 1.807) is 18.3 Å². The van der Waals surface area contributed by atoms with Crippen molar-refractivity contribution in [3.63, 3.8) is 0 Å². The van der Waals surface area contributed by atoms with Crippen molar-refractivity contribution >= 4 is 15.9 Å². The molecule has 0 spiro atoms. The minimum Gasteiger partial charge on any atom is -0.379 e. The van der Waals surface area contributed by atoms with Gasteiger partial charge in [-0.15, -0.1) is 0 Å². The van der Waals surface area contributed by atoms with Crippen molar-refractivity contribution in [2.75, 3.05) is 33.1 Å². The molecule has 8 nitrogen and oxygen atoms in total. The summed E-state index contributed by atoms with van der Waals surface area (Å²) in [6, 6.07) is 8.65. The topological polar surface area (TPSA) is 104 Å². The van der Waals surface area contributed by atoms with Gasteiger partial charge >= 0.3 is 0 Å². The number of hydrogen-bond donors (Lipinski definition) is 2. The Labute approximate surface area is 152 Å². The van der Waals surface area contributed by atoms with Gasteiger partial charge < -0.3 is 10.1 Å². The summed E-state index contributed by atoms with van der Waals surface area (Å²) in [4.78, 5) is 12.5. The molecule has 9 heteroatoms. The standard InChI is InChI=1S/C17H22N4O4S/c1-21(2)26(23,24)11-14-9-25-10-16(14)19-17(22)13-5-3-12(4-6-13)15-7-8-18-20-15/h3-8,14,16H,9-11H2,1-2H3,(H,18,20)(H,19,22)/t14-,16+/m0/s1. The van der Waals surface area contributed by atoms with Gasteiger partial charge in [0.2, 0.25) is 10.0 Å². The zero-order valence-corrected chi connectivity index (χ0v) is 15.5. The van der Waals surface area contributed by atoms with E-state index >= 15 is 0 Å². The third kappa shape index (κ3) is 4.12. The number of nitrogens with zero attached hydrogens (tertiary/aromatic N) is 2. The second-order valence-corrected chi connectivity index (χ2v) is 8.71. The predicted octanol–water partition coefficient (Wildman–Crippen LogP) is 0.713. The highest BCUT2D eigenvalue weighted by Gasteiger charge is 2.34. The molecule has 140 valence electrons. The molecule has 2 atom stereocenters. The van der Waals surface area contributed by atoms with Crippen LogP contribution in [0, 0.1) is 5.92 Å². The SMILES string of the molecule is CN(C)S(=O)(=O)C[C@@H]1COC[C@H]1NC(=O)c1ccc(-c2ccn[nH]2)cc1. The van der Waals surface area contributed by atoms with Gasteiger partial charge in [-0.3, -0.25) is 9.89 Å². The first-order valence-corrected chi connectivity index (χ1v) is 9.86. The average molecular weight is 378 g/mol. The van der Waals surface area contributed by atoms with E-state index in [-0.39, 0.29) is 23.6 Å². The van der Waals surface area contributed by atoms with Gasteiger partial charge in [0.15, 0.2) is 0 Å². The number of amides is 1. The first-order chi connectivity index (χ1) is 12.4. The Bertz CT molecular complexity index is 847. The van der Waals surface area contributed by atoms with Crippen molar-refractivity contribution in [2.45, 2.75) is 6.04 Å². The lowest BCUT2D eigenvalue weighted by Gasteiger charge is -2.21. The van der Waals surface area contributed by atoms with Crippen LogP contribution in [0.2, 0.25) is 0 Å². The molecule has 1 aliphatic rings. The van der Waals surface area contributed by atoms with E-state index in [1.807, 2.05) is 18.2 Å². The summed E-state index contributed by atoms with van der Waals surface area (Å²) in [5, 5.41) is 9.67. The van der Waals surface area contributed by atoms with Crippen LogP contribution >= 0.6 is 0 Å². The molecule has 1 aromatic heterocycles. The Balaban J connectivity index is 1.65. The van der Waals surface area contributed by atoms with E-state index < -0.39 is 10.0 Å². The van der Waals surface area contributed by atoms with Gasteiger partial charge in [0.1, 0.15) is 0 Å². The fourth-order valence-corrected chi connectivity index (χ4v) is 3.98. The van der Waals surface area contributed by atoms with Crippen molar-refractivity contribution in [1.82, 2.24) is 19.8 Å². The number of hydrogen-bond acceptors (Lipinski definition) is 5. The summed E-state index contributed by atoms with van der Waals surface area (Å²) in [7, 11) is -0.353. The Morgan fingerprint density at radius 2 is 2.00 bits per heavy atom. The summed E-state index contributed by atoms with van der Waals surface area (Å²) in [5.41, 5.74) is 2.31. The highest BCUT2D eigenvalue weighted by atomic mass is 32.2. The number of carbonyl (C=O) groups is 1. The van der Waals surface area contributed by atoms with E-state index in [0.717, 1.165) is 11.3 Å². The summed E-state index contributed by atoms with van der Waals surface area (Å²) in [6.07, 6.45) is 1.66. The molecule has 1 saturated heterocycles. The third-order valence-electron chi connectivity index (χ3n) is 4.45. The van der Waals surface area contributed by atoms with E-state index in [4.69, 9.17) is 4.74 Å². The maximum Gasteiger partial charge on any atom is 0.251 e. The Kier molecular flexibility index (Phi) is 5.40. The van der Waals surface area contributed by atoms with Crippen LogP contribution in [-0.2, 0) is 14.8 Å². The largest absolute Gasteiger partial charge is 0.379 e. The monoisotopic (exact) mass is 378 g/mol. The van der Waals surface area contributed by atoms with Crippen LogP contribution in [-0.4, -0.2) is 67.9 Å². The number of rotatable bonds is 6. The molecule has 2 N–H and O–H groups in total. The molecule has 2 aromatic rings. The summed E-state index contributed by atoms with van der Waals surface area (Å²) in [5.74, 6) is -0.566. The van der Waals surface area contributed by atoms with Crippen LogP contribution in [0.5, 0.6) is 0 Å². The van der Waals surface area contributed by atoms with Gasteiger partial charge in [0.05, 0.1) is 30.7 Å². The number of carbonyl (C=O) groups excluding carboxylic acids is 1. The van der Waals surface area contributed by atoms with Gasteiger partial charge in [-0.25, -0.2) is 12.7 Å². The molecule has 1 amide bonds. The summed E-state index contributed by atoms with van der Waals surface area (Å²) >= 11 is 0. The predicted molar refractivity (Wildman–Crippen MR) is 97.1 cm³/mol. The first kappa shape index (κ1) is 18.6. The maximum atomic E-state index is 12.5. The molecule has 3 rings (SSSR count). The van der Waals surface area contributed by atoms with Crippen LogP contribution in [0.4, 0.5) is 0 Å². The number of nitrogens with one attached hydrogen (secondary N) is 2. The Hall–Kier alpha value is -2.23. The molecule has 1 aromatic carbocycles. The van der Waals surface area contributed by atoms with E-state index in [2.05, 4.69) is 15.5 Å². The lowest BCUT2D eigenvalue weighted by atomic mass is 10.0. The minimum absolute atomic E-state index is 0.0519. The molecule has 0 bridgehead atoms. The first-order valence-electron chi connectivity index (χ1n) is 8.25. The van der Waals surface area contributed by atoms with Crippen molar-refractivity contribution in [3.8, 4) is 11.3 Å². The van der Waals surface area contributed by atoms with Crippen molar-refractivity contribution in [2.24, 2.45) is 5.92 Å². The van der Waals surface area contributed by atoms with E-state index in [0.29, 0.717) is 18.8 Å². The maximum absolute atomic E-state index is 12.5. The summed E-state index contributed by atoms with van der Waals surface area (Å²) < 4.78 is 30.8. The van der Waals surface area contributed by atoms with Crippen LogP contribution in [0.15, 0.2) is 36.5 Å². The smallest absolute Gasteiger partial charge is 0.251 e. The number of ether oxygens (including phenoxy) is 1. The fourth-order valence-electron chi connectivity index (χ4n) is 2.81. The second kappa shape index (κ2) is 7.56. The number of benzene rings is 1. The van der Waals surface area contributed by atoms with Crippen LogP contribution in [0.3, 0.4) is 0 Å². The van der Waals surface area contributed by atoms with Crippen LogP contribution in [0.25, 0.3) is 11.3 Å². The molecule has 1 fully saturated rings. The van der Waals surface area contributed by atoms with Crippen LogP contribution < -0.4 is 5.32 Å². The normalized spacial score (nSPS) is 20.4. The zero-order chi connectivity index (χ0) is 18.7. The average Bonchev–Trinajstić information content (AvgIpc) is 3.27. The third-order valence-corrected chi connectivity index (χ3v) is 6.42. The molecule has 1 aliphatic heterocycles. The molecule has 2 heterocycles. The van der Waals surface area contributed by atoms with Gasteiger partial charge in [-0.2, -0.15) is 5.10 Å². The number of sulfonamides is 1. The van der Waals surface area contributed by atoms with Gasteiger partial charge in [-0.05, 0) is 23.8 Å². The second-order valence-electron chi connectivity index (χ2n) is 6.49. The highest BCUT2D eigenvalue weighted by Crippen LogP contribution is 2.19. The fraction of sp³-hybridized carbons (Fsp3) is 0.412.